The normalized spacial score (nSPS) is 22.3. The number of amidine groups is 1. The third kappa shape index (κ3) is 4.83. The molecule has 2 aromatic heterocycles. The number of allylic oxidation sites excluding steroid dienone is 6. The Hall–Kier alpha value is -5.48. The van der Waals surface area contributed by atoms with Gasteiger partial charge in [-0.15, -0.1) is 0 Å². The van der Waals surface area contributed by atoms with Crippen LogP contribution in [0.4, 0.5) is 0 Å². The Balaban J connectivity index is 1.17. The van der Waals surface area contributed by atoms with Gasteiger partial charge in [-0.25, -0.2) is 4.99 Å². The van der Waals surface area contributed by atoms with Crippen molar-refractivity contribution in [1.29, 1.82) is 0 Å². The van der Waals surface area contributed by atoms with Gasteiger partial charge in [-0.3, -0.25) is 9.39 Å². The molecule has 0 radical (unpaired) electrons. The summed E-state index contributed by atoms with van der Waals surface area (Å²) >= 11 is 0. The molecule has 0 saturated heterocycles. The second-order valence-corrected chi connectivity index (χ2v) is 13.1. The van der Waals surface area contributed by atoms with Crippen molar-refractivity contribution in [1.82, 2.24) is 4.40 Å². The van der Waals surface area contributed by atoms with Gasteiger partial charge in [0, 0.05) is 34.3 Å². The molecule has 48 heavy (non-hydrogen) atoms. The molecular formula is C44H37N3O. The lowest BCUT2D eigenvalue weighted by atomic mass is 9.78. The zero-order valence-corrected chi connectivity index (χ0v) is 27.0. The van der Waals surface area contributed by atoms with Crippen LogP contribution in [0.2, 0.25) is 0 Å². The third-order valence-corrected chi connectivity index (χ3v) is 10.3. The maximum absolute atomic E-state index is 6.61. The van der Waals surface area contributed by atoms with Crippen molar-refractivity contribution in [3.8, 4) is 0 Å². The van der Waals surface area contributed by atoms with Gasteiger partial charge in [0.2, 0.25) is 5.71 Å². The first-order chi connectivity index (χ1) is 23.8. The number of nitrogens with zero attached hydrogens (tertiary/aromatic N) is 3. The Morgan fingerprint density at radius 1 is 0.771 bits per heavy atom. The molecule has 1 aliphatic heterocycles. The highest BCUT2D eigenvalue weighted by Crippen LogP contribution is 2.42. The first kappa shape index (κ1) is 28.7. The Bertz CT molecular complexity index is 2360. The number of oxazole rings is 1. The number of rotatable bonds is 6. The summed E-state index contributed by atoms with van der Waals surface area (Å²) < 4.78 is 8.90. The van der Waals surface area contributed by atoms with Crippen LogP contribution < -0.4 is 0 Å². The zero-order valence-electron chi connectivity index (χ0n) is 27.0. The predicted molar refractivity (Wildman–Crippen MR) is 198 cm³/mol. The first-order valence-corrected chi connectivity index (χ1v) is 17.2. The van der Waals surface area contributed by atoms with Crippen molar-refractivity contribution in [2.75, 3.05) is 0 Å². The molecule has 4 heteroatoms. The smallest absolute Gasteiger partial charge is 0.209 e. The van der Waals surface area contributed by atoms with Gasteiger partial charge >= 0.3 is 0 Å². The fraction of sp³-hybridized carbons (Fsp3) is 0.182. The Labute approximate surface area is 280 Å². The van der Waals surface area contributed by atoms with Crippen LogP contribution in [0, 0.1) is 5.92 Å². The van der Waals surface area contributed by atoms with Gasteiger partial charge < -0.3 is 4.42 Å². The maximum Gasteiger partial charge on any atom is 0.209 e. The van der Waals surface area contributed by atoms with Crippen molar-refractivity contribution >= 4 is 39.3 Å². The number of hydrogen-bond donors (Lipinski definition) is 0. The van der Waals surface area contributed by atoms with E-state index in [1.54, 1.807) is 0 Å². The monoisotopic (exact) mass is 623 g/mol. The van der Waals surface area contributed by atoms with Crippen molar-refractivity contribution in [3.63, 3.8) is 0 Å². The van der Waals surface area contributed by atoms with E-state index in [-0.39, 0.29) is 17.9 Å². The van der Waals surface area contributed by atoms with E-state index >= 15 is 0 Å². The number of benzene rings is 4. The minimum atomic E-state index is -0.0574. The predicted octanol–water partition coefficient (Wildman–Crippen LogP) is 10.8. The molecule has 3 aliphatic rings. The Morgan fingerprint density at radius 3 is 2.42 bits per heavy atom. The molecule has 0 N–H and O–H groups in total. The molecule has 234 valence electrons. The van der Waals surface area contributed by atoms with Gasteiger partial charge in [0.1, 0.15) is 0 Å². The molecule has 6 aromatic rings. The summed E-state index contributed by atoms with van der Waals surface area (Å²) in [4.78, 5) is 10.8. The largest absolute Gasteiger partial charge is 0.438 e. The fourth-order valence-electron chi connectivity index (χ4n) is 7.96. The summed E-state index contributed by atoms with van der Waals surface area (Å²) in [6.07, 6.45) is 18.8. The van der Waals surface area contributed by atoms with Crippen molar-refractivity contribution in [3.05, 3.63) is 173 Å². The van der Waals surface area contributed by atoms with E-state index < -0.39 is 0 Å². The van der Waals surface area contributed by atoms with E-state index in [1.807, 2.05) is 6.07 Å². The average molecular weight is 624 g/mol. The van der Waals surface area contributed by atoms with Gasteiger partial charge in [0.15, 0.2) is 11.4 Å². The third-order valence-electron chi connectivity index (χ3n) is 10.3. The minimum absolute atomic E-state index is 0.0574. The van der Waals surface area contributed by atoms with Crippen molar-refractivity contribution in [2.24, 2.45) is 15.9 Å². The van der Waals surface area contributed by atoms with Crippen LogP contribution in [-0.4, -0.2) is 22.0 Å². The average Bonchev–Trinajstić information content (AvgIpc) is 3.70. The van der Waals surface area contributed by atoms with E-state index in [4.69, 9.17) is 14.4 Å². The highest BCUT2D eigenvalue weighted by Gasteiger charge is 2.34. The standard InChI is InChI=1S/C44H37N3O/c1-2-35-41(33-21-13-19-31(27-33)29-15-5-3-6-16-29)45-43(30-17-7-4-8-18-30)46-42(35)34-22-14-20-32(28-34)40-36-23-9-10-24-37(36)47-38-25-11-12-26-39(38)48-44(40)47/h3-15,17-19,21-29,32,35,42H,2,16,20H2,1H3. The Kier molecular flexibility index (Phi) is 7.15. The van der Waals surface area contributed by atoms with Crippen LogP contribution in [0.25, 0.3) is 27.7 Å². The molecule has 3 heterocycles. The van der Waals surface area contributed by atoms with Gasteiger partial charge in [-0.1, -0.05) is 128 Å². The zero-order chi connectivity index (χ0) is 32.0. The van der Waals surface area contributed by atoms with E-state index in [9.17, 15) is 0 Å². The first-order valence-electron chi connectivity index (χ1n) is 17.2. The number of hydrogen-bond acceptors (Lipinski definition) is 3. The topological polar surface area (TPSA) is 42.3 Å². The number of aromatic nitrogens is 1. The molecule has 4 atom stereocenters. The molecule has 4 nitrogen and oxygen atoms in total. The van der Waals surface area contributed by atoms with E-state index in [1.165, 1.54) is 33.2 Å². The summed E-state index contributed by atoms with van der Waals surface area (Å²) in [5.41, 5.74) is 11.3. The molecule has 4 aromatic carbocycles. The maximum atomic E-state index is 6.61. The number of fused-ring (bicyclic) bond motifs is 5. The van der Waals surface area contributed by atoms with Crippen LogP contribution in [0.5, 0.6) is 0 Å². The lowest BCUT2D eigenvalue weighted by molar-refractivity contribution is 0.566. The summed E-state index contributed by atoms with van der Waals surface area (Å²) in [5.74, 6) is 1.48. The van der Waals surface area contributed by atoms with Crippen LogP contribution in [0.1, 0.15) is 60.3 Å². The molecule has 2 aliphatic carbocycles. The summed E-state index contributed by atoms with van der Waals surface area (Å²) in [7, 11) is 0. The van der Waals surface area contributed by atoms with E-state index in [2.05, 4.69) is 151 Å². The van der Waals surface area contributed by atoms with E-state index in [0.717, 1.165) is 53.2 Å². The highest BCUT2D eigenvalue weighted by atomic mass is 16.3. The molecule has 0 saturated carbocycles. The van der Waals surface area contributed by atoms with Gasteiger partial charge in [-0.2, -0.15) is 0 Å². The highest BCUT2D eigenvalue weighted by molar-refractivity contribution is 6.15. The van der Waals surface area contributed by atoms with Gasteiger partial charge in [0.25, 0.3) is 0 Å². The van der Waals surface area contributed by atoms with Crippen LogP contribution in [-0.2, 0) is 0 Å². The SMILES string of the molecule is CCC1C(c2cccc(C3C=CC=CC3)c2)=NC(c2ccccc2)=NC1C1=CC(c2c3ccccc3n3c2oc2ccccc23)CC=C1. The van der Waals surface area contributed by atoms with Gasteiger partial charge in [0.05, 0.1) is 22.8 Å². The quantitative estimate of drug-likeness (QED) is 0.182. The minimum Gasteiger partial charge on any atom is -0.438 e. The summed E-state index contributed by atoms with van der Waals surface area (Å²) in [5, 5.41) is 1.24. The fourth-order valence-corrected chi connectivity index (χ4v) is 7.96. The molecule has 0 bridgehead atoms. The molecule has 0 spiro atoms. The lowest BCUT2D eigenvalue weighted by Gasteiger charge is -2.32. The summed E-state index contributed by atoms with van der Waals surface area (Å²) in [6, 6.07) is 36.5. The molecular weight excluding hydrogens is 587 g/mol. The molecule has 9 rings (SSSR count). The number of aliphatic imine (C=N–C) groups is 2. The second-order valence-electron chi connectivity index (χ2n) is 13.1. The number of para-hydroxylation sites is 3. The van der Waals surface area contributed by atoms with E-state index in [0.29, 0.717) is 5.92 Å². The lowest BCUT2D eigenvalue weighted by Crippen LogP contribution is -2.34. The van der Waals surface area contributed by atoms with Gasteiger partial charge in [-0.05, 0) is 60.2 Å². The van der Waals surface area contributed by atoms with Crippen LogP contribution in [0.15, 0.2) is 166 Å². The van der Waals surface area contributed by atoms with Crippen molar-refractivity contribution in [2.45, 2.75) is 44.1 Å². The Morgan fingerprint density at radius 2 is 1.56 bits per heavy atom. The molecule has 0 amide bonds. The molecule has 4 unspecified atom stereocenters. The molecule has 0 fully saturated rings. The van der Waals surface area contributed by atoms with Crippen LogP contribution >= 0.6 is 0 Å². The second kappa shape index (κ2) is 12.0. The van der Waals surface area contributed by atoms with Crippen molar-refractivity contribution < 1.29 is 4.42 Å². The summed E-state index contributed by atoms with van der Waals surface area (Å²) in [6.45, 7) is 2.28. The van der Waals surface area contributed by atoms with Crippen LogP contribution in [0.3, 0.4) is 0 Å².